The summed E-state index contributed by atoms with van der Waals surface area (Å²) >= 11 is 0. The van der Waals surface area contributed by atoms with Crippen LogP contribution in [0.2, 0.25) is 0 Å². The summed E-state index contributed by atoms with van der Waals surface area (Å²) in [7, 11) is 3.97. The van der Waals surface area contributed by atoms with E-state index in [1.54, 1.807) is 0 Å². The molecule has 0 spiro atoms. The van der Waals surface area contributed by atoms with Gasteiger partial charge in [0.05, 0.1) is 24.8 Å². The molecule has 0 aliphatic carbocycles. The molecule has 1 atom stereocenters. The molecule has 1 N–H and O–H groups in total. The van der Waals surface area contributed by atoms with Crippen molar-refractivity contribution in [3.05, 3.63) is 35.2 Å². The fraction of sp³-hybridized carbons (Fsp3) is 0.571. The van der Waals surface area contributed by atoms with Crippen molar-refractivity contribution in [2.24, 2.45) is 14.1 Å². The Bertz CT molecular complexity index is 615. The van der Waals surface area contributed by atoms with Crippen molar-refractivity contribution < 1.29 is 5.11 Å². The van der Waals surface area contributed by atoms with Gasteiger partial charge in [0, 0.05) is 56.6 Å². The minimum atomic E-state index is 0.150. The maximum absolute atomic E-state index is 9.68. The first-order valence-corrected chi connectivity index (χ1v) is 6.91. The molecule has 0 amide bonds. The SMILES string of the molecule is Cc1c(CN2Cc3ncn(C)c3CC2CO)cnn1C. The van der Waals surface area contributed by atoms with E-state index in [1.165, 1.54) is 17.0 Å². The van der Waals surface area contributed by atoms with Crippen LogP contribution < -0.4 is 0 Å². The molecule has 6 nitrogen and oxygen atoms in total. The molecule has 0 fully saturated rings. The van der Waals surface area contributed by atoms with Crippen molar-refractivity contribution in [3.8, 4) is 0 Å². The molecule has 2 aromatic heterocycles. The molecule has 1 aliphatic heterocycles. The quantitative estimate of drug-likeness (QED) is 0.880. The Labute approximate surface area is 118 Å². The van der Waals surface area contributed by atoms with Gasteiger partial charge in [-0.25, -0.2) is 4.98 Å². The number of imidazole rings is 1. The zero-order chi connectivity index (χ0) is 14.3. The van der Waals surface area contributed by atoms with E-state index in [9.17, 15) is 5.11 Å². The third-order valence-electron chi connectivity index (χ3n) is 4.36. The lowest BCUT2D eigenvalue weighted by Crippen LogP contribution is -2.42. The summed E-state index contributed by atoms with van der Waals surface area (Å²) in [5.41, 5.74) is 4.75. The summed E-state index contributed by atoms with van der Waals surface area (Å²) in [6.07, 6.45) is 4.62. The zero-order valence-corrected chi connectivity index (χ0v) is 12.2. The van der Waals surface area contributed by atoms with Gasteiger partial charge in [0.1, 0.15) is 0 Å². The van der Waals surface area contributed by atoms with E-state index in [0.29, 0.717) is 0 Å². The van der Waals surface area contributed by atoms with Gasteiger partial charge in [-0.1, -0.05) is 0 Å². The van der Waals surface area contributed by atoms with Gasteiger partial charge in [-0.3, -0.25) is 9.58 Å². The average molecular weight is 275 g/mol. The Balaban J connectivity index is 1.84. The van der Waals surface area contributed by atoms with E-state index < -0.39 is 0 Å². The van der Waals surface area contributed by atoms with E-state index in [2.05, 4.69) is 26.5 Å². The van der Waals surface area contributed by atoms with Crippen LogP contribution in [0.1, 0.15) is 22.6 Å². The van der Waals surface area contributed by atoms with Gasteiger partial charge in [-0.05, 0) is 6.92 Å². The number of aliphatic hydroxyl groups is 1. The Kier molecular flexibility index (Phi) is 3.35. The fourth-order valence-electron chi connectivity index (χ4n) is 2.85. The van der Waals surface area contributed by atoms with Crippen LogP contribution in [0.4, 0.5) is 0 Å². The smallest absolute Gasteiger partial charge is 0.0949 e. The van der Waals surface area contributed by atoms with Gasteiger partial charge in [0.2, 0.25) is 0 Å². The highest BCUT2D eigenvalue weighted by molar-refractivity contribution is 5.21. The maximum Gasteiger partial charge on any atom is 0.0949 e. The van der Waals surface area contributed by atoms with Gasteiger partial charge in [0.25, 0.3) is 0 Å². The summed E-state index contributed by atoms with van der Waals surface area (Å²) in [6, 6.07) is 0.150. The number of rotatable bonds is 3. The Hall–Kier alpha value is -1.66. The van der Waals surface area contributed by atoms with Crippen LogP contribution in [-0.4, -0.2) is 42.0 Å². The van der Waals surface area contributed by atoms with Gasteiger partial charge >= 0.3 is 0 Å². The zero-order valence-electron chi connectivity index (χ0n) is 12.2. The maximum atomic E-state index is 9.68. The summed E-state index contributed by atoms with van der Waals surface area (Å²) < 4.78 is 3.95. The van der Waals surface area contributed by atoms with Crippen molar-refractivity contribution in [2.75, 3.05) is 6.61 Å². The van der Waals surface area contributed by atoms with Crippen LogP contribution in [0.25, 0.3) is 0 Å². The number of fused-ring (bicyclic) bond motifs is 1. The molecule has 1 aliphatic rings. The van der Waals surface area contributed by atoms with Crippen LogP contribution in [0.3, 0.4) is 0 Å². The second-order valence-electron chi connectivity index (χ2n) is 5.57. The topological polar surface area (TPSA) is 59.1 Å². The van der Waals surface area contributed by atoms with E-state index in [4.69, 9.17) is 0 Å². The number of aryl methyl sites for hydroxylation is 2. The molecular formula is C14H21N5O. The van der Waals surface area contributed by atoms with E-state index >= 15 is 0 Å². The average Bonchev–Trinajstić information content (AvgIpc) is 2.96. The standard InChI is InChI=1S/C14H21N5O/c1-10-11(5-16-18(10)3)6-19-7-13-14(4-12(19)8-20)17(2)9-15-13/h5,9,12,20H,4,6-8H2,1-3H3. The molecule has 0 saturated heterocycles. The number of hydrogen-bond acceptors (Lipinski definition) is 4. The number of aliphatic hydroxyl groups excluding tert-OH is 1. The fourth-order valence-corrected chi connectivity index (χ4v) is 2.85. The third-order valence-corrected chi connectivity index (χ3v) is 4.36. The van der Waals surface area contributed by atoms with Crippen LogP contribution in [0.5, 0.6) is 0 Å². The van der Waals surface area contributed by atoms with E-state index in [0.717, 1.165) is 25.2 Å². The molecule has 2 aromatic rings. The highest BCUT2D eigenvalue weighted by Crippen LogP contribution is 2.24. The second kappa shape index (κ2) is 5.03. The summed E-state index contributed by atoms with van der Waals surface area (Å²) in [5.74, 6) is 0. The Morgan fingerprint density at radius 2 is 2.20 bits per heavy atom. The first-order valence-electron chi connectivity index (χ1n) is 6.91. The van der Waals surface area contributed by atoms with Gasteiger partial charge in [0.15, 0.2) is 0 Å². The summed E-state index contributed by atoms with van der Waals surface area (Å²) in [6.45, 7) is 3.84. The molecule has 20 heavy (non-hydrogen) atoms. The lowest BCUT2D eigenvalue weighted by Gasteiger charge is -2.34. The molecule has 0 aromatic carbocycles. The minimum absolute atomic E-state index is 0.150. The van der Waals surface area contributed by atoms with Crippen LogP contribution >= 0.6 is 0 Å². The third kappa shape index (κ3) is 2.14. The molecule has 3 heterocycles. The Morgan fingerprint density at radius 1 is 1.40 bits per heavy atom. The van der Waals surface area contributed by atoms with Gasteiger partial charge in [-0.2, -0.15) is 5.10 Å². The molecular weight excluding hydrogens is 254 g/mol. The lowest BCUT2D eigenvalue weighted by molar-refractivity contribution is 0.0965. The first kappa shape index (κ1) is 13.3. The van der Waals surface area contributed by atoms with E-state index in [-0.39, 0.29) is 12.6 Å². The molecule has 6 heteroatoms. The highest BCUT2D eigenvalue weighted by Gasteiger charge is 2.28. The number of hydrogen-bond donors (Lipinski definition) is 1. The van der Waals surface area contributed by atoms with Crippen LogP contribution in [0, 0.1) is 6.92 Å². The van der Waals surface area contributed by atoms with Crippen molar-refractivity contribution >= 4 is 0 Å². The number of aromatic nitrogens is 4. The largest absolute Gasteiger partial charge is 0.395 e. The molecule has 0 saturated carbocycles. The highest BCUT2D eigenvalue weighted by atomic mass is 16.3. The first-order chi connectivity index (χ1) is 9.60. The molecule has 1 unspecified atom stereocenters. The second-order valence-corrected chi connectivity index (χ2v) is 5.57. The van der Waals surface area contributed by atoms with Crippen molar-refractivity contribution in [1.29, 1.82) is 0 Å². The predicted octanol–water partition coefficient (Wildman–Crippen LogP) is 0.381. The number of nitrogens with zero attached hydrogens (tertiary/aromatic N) is 5. The molecule has 0 bridgehead atoms. The van der Waals surface area contributed by atoms with Crippen molar-refractivity contribution in [1.82, 2.24) is 24.2 Å². The van der Waals surface area contributed by atoms with Crippen molar-refractivity contribution in [2.45, 2.75) is 32.5 Å². The van der Waals surface area contributed by atoms with Gasteiger partial charge in [-0.15, -0.1) is 0 Å². The summed E-state index contributed by atoms with van der Waals surface area (Å²) in [4.78, 5) is 6.75. The molecule has 108 valence electrons. The summed E-state index contributed by atoms with van der Waals surface area (Å²) in [5, 5.41) is 14.0. The normalized spacial score (nSPS) is 19.3. The predicted molar refractivity (Wildman–Crippen MR) is 75.0 cm³/mol. The van der Waals surface area contributed by atoms with Gasteiger partial charge < -0.3 is 9.67 Å². The molecule has 3 rings (SSSR count). The molecule has 0 radical (unpaired) electrons. The van der Waals surface area contributed by atoms with Crippen LogP contribution in [-0.2, 0) is 33.6 Å². The van der Waals surface area contributed by atoms with E-state index in [1.807, 2.05) is 31.3 Å². The monoisotopic (exact) mass is 275 g/mol. The van der Waals surface area contributed by atoms with Crippen molar-refractivity contribution in [3.63, 3.8) is 0 Å². The Morgan fingerprint density at radius 3 is 2.85 bits per heavy atom. The van der Waals surface area contributed by atoms with Crippen LogP contribution in [0.15, 0.2) is 12.5 Å². The minimum Gasteiger partial charge on any atom is -0.395 e. The lowest BCUT2D eigenvalue weighted by atomic mass is 10.0.